The molecule has 3 aromatic rings. The van der Waals surface area contributed by atoms with Crippen LogP contribution in [-0.4, -0.2) is 19.9 Å². The molecule has 1 aromatic carbocycles. The van der Waals surface area contributed by atoms with Crippen molar-refractivity contribution >= 4 is 22.9 Å². The third kappa shape index (κ3) is 2.32. The van der Waals surface area contributed by atoms with Gasteiger partial charge in [-0.05, 0) is 30.2 Å². The summed E-state index contributed by atoms with van der Waals surface area (Å²) < 4.78 is 0. The van der Waals surface area contributed by atoms with Gasteiger partial charge in [0.15, 0.2) is 5.65 Å². The summed E-state index contributed by atoms with van der Waals surface area (Å²) in [5.74, 6) is 0. The number of aryl methyl sites for hydroxylation is 1. The number of nitrogens with one attached hydrogen (secondary N) is 1. The molecule has 0 fully saturated rings. The minimum Gasteiger partial charge on any atom is -0.341 e. The van der Waals surface area contributed by atoms with Gasteiger partial charge in [-0.1, -0.05) is 17.8 Å². The predicted molar refractivity (Wildman–Crippen MR) is 74.9 cm³/mol. The molecule has 96 valence electrons. The van der Waals surface area contributed by atoms with Crippen molar-refractivity contribution in [2.24, 2.45) is 5.73 Å². The molecule has 5 nitrogen and oxygen atoms in total. The Morgan fingerprint density at radius 1 is 1.26 bits per heavy atom. The third-order valence-corrected chi connectivity index (χ3v) is 3.93. The first-order valence-electron chi connectivity index (χ1n) is 5.89. The van der Waals surface area contributed by atoms with E-state index >= 15 is 0 Å². The number of benzene rings is 1. The fourth-order valence-corrected chi connectivity index (χ4v) is 2.84. The zero-order valence-electron chi connectivity index (χ0n) is 10.4. The minimum absolute atomic E-state index is 0.565. The monoisotopic (exact) mass is 271 g/mol. The minimum atomic E-state index is 0.565. The van der Waals surface area contributed by atoms with Crippen LogP contribution in [-0.2, 0) is 6.54 Å². The number of nitrogens with zero attached hydrogens (tertiary/aromatic N) is 3. The Kier molecular flexibility index (Phi) is 3.18. The summed E-state index contributed by atoms with van der Waals surface area (Å²) in [6, 6.07) is 6.24. The Morgan fingerprint density at radius 3 is 2.95 bits per heavy atom. The first kappa shape index (κ1) is 12.1. The molecule has 0 atom stereocenters. The number of nitrogens with two attached hydrogens (primary N) is 1. The Bertz CT molecular complexity index is 722. The van der Waals surface area contributed by atoms with Crippen LogP contribution in [0.1, 0.15) is 11.1 Å². The second-order valence-electron chi connectivity index (χ2n) is 4.17. The van der Waals surface area contributed by atoms with Crippen molar-refractivity contribution in [2.45, 2.75) is 23.4 Å². The SMILES string of the molecule is Cc1cc(Sc2ncnc3nc[nH]c23)ccc1CN. The molecule has 0 aliphatic carbocycles. The Balaban J connectivity index is 1.97. The fourth-order valence-electron chi connectivity index (χ4n) is 1.89. The zero-order valence-corrected chi connectivity index (χ0v) is 11.2. The maximum Gasteiger partial charge on any atom is 0.181 e. The van der Waals surface area contributed by atoms with Crippen LogP contribution in [0.3, 0.4) is 0 Å². The van der Waals surface area contributed by atoms with E-state index in [1.54, 1.807) is 18.1 Å². The van der Waals surface area contributed by atoms with Crippen molar-refractivity contribution in [3.63, 3.8) is 0 Å². The largest absolute Gasteiger partial charge is 0.341 e. The number of hydrogen-bond acceptors (Lipinski definition) is 5. The standard InChI is InChI=1S/C13H13N5S/c1-8-4-10(3-2-9(8)5-14)19-13-11-12(16-6-15-11)17-7-18-13/h2-4,6-7H,5,14H2,1H3,(H,15,16,17,18). The lowest BCUT2D eigenvalue weighted by Gasteiger charge is -2.06. The molecular weight excluding hydrogens is 258 g/mol. The van der Waals surface area contributed by atoms with Crippen molar-refractivity contribution in [1.82, 2.24) is 19.9 Å². The summed E-state index contributed by atoms with van der Waals surface area (Å²) in [4.78, 5) is 16.7. The van der Waals surface area contributed by atoms with Gasteiger partial charge in [0, 0.05) is 11.4 Å². The summed E-state index contributed by atoms with van der Waals surface area (Å²) in [6.45, 7) is 2.63. The third-order valence-electron chi connectivity index (χ3n) is 2.94. The summed E-state index contributed by atoms with van der Waals surface area (Å²) in [7, 11) is 0. The van der Waals surface area contributed by atoms with Crippen LogP contribution in [0.2, 0.25) is 0 Å². The molecule has 2 heterocycles. The van der Waals surface area contributed by atoms with Crippen molar-refractivity contribution in [2.75, 3.05) is 0 Å². The first-order valence-corrected chi connectivity index (χ1v) is 6.71. The van der Waals surface area contributed by atoms with E-state index in [-0.39, 0.29) is 0 Å². The molecule has 0 aliphatic rings. The fraction of sp³-hybridized carbons (Fsp3) is 0.154. The van der Waals surface area contributed by atoms with Gasteiger partial charge in [0.05, 0.1) is 6.33 Å². The normalized spacial score (nSPS) is 11.1. The summed E-state index contributed by atoms with van der Waals surface area (Å²) in [6.07, 6.45) is 3.17. The Hall–Kier alpha value is -1.92. The first-order chi connectivity index (χ1) is 9.28. The molecular formula is C13H13N5S. The van der Waals surface area contributed by atoms with Crippen molar-refractivity contribution in [3.05, 3.63) is 42.0 Å². The molecule has 0 amide bonds. The van der Waals surface area contributed by atoms with Crippen LogP contribution in [0.4, 0.5) is 0 Å². The maximum absolute atomic E-state index is 5.67. The molecule has 6 heteroatoms. The van der Waals surface area contributed by atoms with Crippen LogP contribution >= 0.6 is 11.8 Å². The van der Waals surface area contributed by atoms with E-state index in [9.17, 15) is 0 Å². The smallest absolute Gasteiger partial charge is 0.181 e. The molecule has 2 aromatic heterocycles. The molecule has 0 saturated carbocycles. The second-order valence-corrected chi connectivity index (χ2v) is 5.24. The van der Waals surface area contributed by atoms with Gasteiger partial charge in [0.25, 0.3) is 0 Å². The molecule has 0 bridgehead atoms. The van der Waals surface area contributed by atoms with Gasteiger partial charge in [0.2, 0.25) is 0 Å². The van der Waals surface area contributed by atoms with Crippen molar-refractivity contribution in [3.8, 4) is 0 Å². The number of H-pyrrole nitrogens is 1. The van der Waals surface area contributed by atoms with Crippen LogP contribution < -0.4 is 5.73 Å². The number of aromatic nitrogens is 4. The van der Waals surface area contributed by atoms with Crippen LogP contribution in [0.5, 0.6) is 0 Å². The molecule has 3 rings (SSSR count). The van der Waals surface area contributed by atoms with E-state index in [4.69, 9.17) is 5.73 Å². The molecule has 0 saturated heterocycles. The molecule has 0 aliphatic heterocycles. The average Bonchev–Trinajstić information content (AvgIpc) is 2.88. The Morgan fingerprint density at radius 2 is 2.16 bits per heavy atom. The number of hydrogen-bond donors (Lipinski definition) is 2. The maximum atomic E-state index is 5.67. The topological polar surface area (TPSA) is 80.5 Å². The highest BCUT2D eigenvalue weighted by atomic mass is 32.2. The highest BCUT2D eigenvalue weighted by Gasteiger charge is 2.08. The van der Waals surface area contributed by atoms with Gasteiger partial charge in [-0.2, -0.15) is 0 Å². The number of imidazole rings is 1. The zero-order chi connectivity index (χ0) is 13.2. The van der Waals surface area contributed by atoms with Gasteiger partial charge >= 0.3 is 0 Å². The summed E-state index contributed by atoms with van der Waals surface area (Å²) >= 11 is 1.59. The van der Waals surface area contributed by atoms with E-state index in [1.807, 2.05) is 0 Å². The van der Waals surface area contributed by atoms with Gasteiger partial charge in [-0.3, -0.25) is 0 Å². The molecule has 3 N–H and O–H groups in total. The lowest BCUT2D eigenvalue weighted by molar-refractivity contribution is 1.04. The summed E-state index contributed by atoms with van der Waals surface area (Å²) in [5, 5.41) is 0.877. The van der Waals surface area contributed by atoms with Crippen LogP contribution in [0, 0.1) is 6.92 Å². The van der Waals surface area contributed by atoms with E-state index in [0.29, 0.717) is 12.2 Å². The number of fused-ring (bicyclic) bond motifs is 1. The van der Waals surface area contributed by atoms with Crippen LogP contribution in [0.25, 0.3) is 11.2 Å². The summed E-state index contributed by atoms with van der Waals surface area (Å²) in [5.41, 5.74) is 9.59. The predicted octanol–water partition coefficient (Wildman–Crippen LogP) is 2.27. The highest BCUT2D eigenvalue weighted by molar-refractivity contribution is 7.99. The number of rotatable bonds is 3. The molecule has 0 unspecified atom stereocenters. The van der Waals surface area contributed by atoms with E-state index < -0.39 is 0 Å². The number of aromatic amines is 1. The Labute approximate surface area is 114 Å². The van der Waals surface area contributed by atoms with E-state index in [0.717, 1.165) is 15.4 Å². The quantitative estimate of drug-likeness (QED) is 0.714. The van der Waals surface area contributed by atoms with Gasteiger partial charge in [0.1, 0.15) is 16.9 Å². The average molecular weight is 271 g/mol. The van der Waals surface area contributed by atoms with Gasteiger partial charge < -0.3 is 10.7 Å². The molecule has 0 spiro atoms. The molecule has 19 heavy (non-hydrogen) atoms. The van der Waals surface area contributed by atoms with Crippen molar-refractivity contribution < 1.29 is 0 Å². The van der Waals surface area contributed by atoms with E-state index in [1.165, 1.54) is 17.5 Å². The van der Waals surface area contributed by atoms with Crippen molar-refractivity contribution in [1.29, 1.82) is 0 Å². The highest BCUT2D eigenvalue weighted by Crippen LogP contribution is 2.30. The van der Waals surface area contributed by atoms with Crippen LogP contribution in [0.15, 0.2) is 40.8 Å². The molecule has 0 radical (unpaired) electrons. The van der Waals surface area contributed by atoms with Gasteiger partial charge in [-0.15, -0.1) is 0 Å². The lowest BCUT2D eigenvalue weighted by atomic mass is 10.1. The second kappa shape index (κ2) is 4.99. The lowest BCUT2D eigenvalue weighted by Crippen LogP contribution is -1.98. The van der Waals surface area contributed by atoms with Gasteiger partial charge in [-0.25, -0.2) is 15.0 Å². The van der Waals surface area contributed by atoms with E-state index in [2.05, 4.69) is 45.1 Å².